The van der Waals surface area contributed by atoms with Crippen LogP contribution < -0.4 is 10.6 Å². The smallest absolute Gasteiger partial charge is 0.325 e. The average Bonchev–Trinajstić information content (AvgIpc) is 3.20. The lowest BCUT2D eigenvalue weighted by Gasteiger charge is -2.13. The molecule has 2 heterocycles. The first-order chi connectivity index (χ1) is 14.4. The minimum Gasteiger partial charge on any atom is -0.351 e. The highest BCUT2D eigenvalue weighted by atomic mass is 19.1. The van der Waals surface area contributed by atoms with Crippen molar-refractivity contribution in [2.24, 2.45) is 7.05 Å². The maximum atomic E-state index is 13.3. The highest BCUT2D eigenvalue weighted by molar-refractivity contribution is 6.04. The molecule has 0 saturated carbocycles. The van der Waals surface area contributed by atoms with Crippen LogP contribution in [0.4, 0.5) is 14.9 Å². The molecule has 4 amide bonds. The number of aromatic nitrogens is 1. The van der Waals surface area contributed by atoms with Gasteiger partial charge in [0.05, 0.1) is 6.54 Å². The zero-order valence-electron chi connectivity index (χ0n) is 16.4. The van der Waals surface area contributed by atoms with Crippen LogP contribution in [0.25, 0.3) is 10.9 Å². The Bertz CT molecular complexity index is 1140. The number of rotatable bonds is 6. The molecule has 1 atom stereocenters. The van der Waals surface area contributed by atoms with Crippen molar-refractivity contribution in [1.29, 1.82) is 0 Å². The Hall–Kier alpha value is -3.68. The summed E-state index contributed by atoms with van der Waals surface area (Å²) in [6.07, 6.45) is 2.21. The number of hydrogen-bond acceptors (Lipinski definition) is 3. The molecule has 30 heavy (non-hydrogen) atoms. The Morgan fingerprint density at radius 1 is 1.17 bits per heavy atom. The Morgan fingerprint density at radius 3 is 2.80 bits per heavy atom. The third-order valence-electron chi connectivity index (χ3n) is 5.17. The van der Waals surface area contributed by atoms with E-state index < -0.39 is 23.8 Å². The van der Waals surface area contributed by atoms with Gasteiger partial charge in [0, 0.05) is 36.3 Å². The Labute approximate surface area is 172 Å². The monoisotopic (exact) mass is 408 g/mol. The fourth-order valence-corrected chi connectivity index (χ4v) is 3.60. The molecule has 1 aliphatic rings. The van der Waals surface area contributed by atoms with Gasteiger partial charge in [0.25, 0.3) is 5.91 Å². The first-order valence-electron chi connectivity index (χ1n) is 9.62. The molecule has 0 aliphatic carbocycles. The van der Waals surface area contributed by atoms with Crippen molar-refractivity contribution in [1.82, 2.24) is 14.8 Å². The van der Waals surface area contributed by atoms with Crippen LogP contribution in [0.15, 0.2) is 54.7 Å². The molecule has 2 N–H and O–H groups in total. The molecular weight excluding hydrogens is 387 g/mol. The summed E-state index contributed by atoms with van der Waals surface area (Å²) < 4.78 is 15.3. The summed E-state index contributed by atoms with van der Waals surface area (Å²) in [5, 5.41) is 6.43. The van der Waals surface area contributed by atoms with Crippen LogP contribution in [0.2, 0.25) is 0 Å². The Kier molecular flexibility index (Phi) is 5.22. The molecule has 1 unspecified atom stereocenters. The fourth-order valence-electron chi connectivity index (χ4n) is 3.60. The molecule has 1 saturated heterocycles. The molecule has 1 fully saturated rings. The van der Waals surface area contributed by atoms with Gasteiger partial charge in [-0.15, -0.1) is 0 Å². The minimum absolute atomic E-state index is 0.0117. The number of amides is 4. The lowest BCUT2D eigenvalue weighted by atomic mass is 10.1. The number of benzene rings is 2. The Balaban J connectivity index is 1.33. The number of carbonyl (C=O) groups is 3. The van der Waals surface area contributed by atoms with Gasteiger partial charge in [-0.1, -0.05) is 12.1 Å². The summed E-state index contributed by atoms with van der Waals surface area (Å²) in [6, 6.07) is 12.0. The predicted octanol–water partition coefficient (Wildman–Crippen LogP) is 3.16. The summed E-state index contributed by atoms with van der Waals surface area (Å²) in [7, 11) is 1.95. The lowest BCUT2D eigenvalue weighted by molar-refractivity contribution is -0.128. The van der Waals surface area contributed by atoms with Crippen molar-refractivity contribution < 1.29 is 18.8 Å². The van der Waals surface area contributed by atoms with Crippen molar-refractivity contribution in [3.8, 4) is 0 Å². The average molecular weight is 408 g/mol. The van der Waals surface area contributed by atoms with E-state index in [4.69, 9.17) is 0 Å². The van der Waals surface area contributed by atoms with Crippen LogP contribution in [-0.4, -0.2) is 33.4 Å². The van der Waals surface area contributed by atoms with E-state index in [1.165, 1.54) is 18.2 Å². The topological polar surface area (TPSA) is 83.4 Å². The molecule has 4 rings (SSSR count). The first-order valence-corrected chi connectivity index (χ1v) is 9.62. The van der Waals surface area contributed by atoms with Gasteiger partial charge in [0.15, 0.2) is 0 Å². The van der Waals surface area contributed by atoms with Crippen molar-refractivity contribution in [3.63, 3.8) is 0 Å². The molecule has 2 aromatic carbocycles. The maximum absolute atomic E-state index is 13.3. The summed E-state index contributed by atoms with van der Waals surface area (Å²) in [4.78, 5) is 38.0. The van der Waals surface area contributed by atoms with E-state index in [1.807, 2.05) is 42.1 Å². The number of carbonyl (C=O) groups excluding carboxylic acids is 3. The summed E-state index contributed by atoms with van der Waals surface area (Å²) >= 11 is 0. The van der Waals surface area contributed by atoms with Gasteiger partial charge in [0.2, 0.25) is 5.91 Å². The van der Waals surface area contributed by atoms with E-state index in [1.54, 1.807) is 6.07 Å². The SMILES string of the molecule is Cn1ccc2cc(NC(=O)CCC3NC(=O)N(Cc4cccc(F)c4)C3=O)ccc21. The second-order valence-corrected chi connectivity index (χ2v) is 7.34. The Morgan fingerprint density at radius 2 is 2.00 bits per heavy atom. The summed E-state index contributed by atoms with van der Waals surface area (Å²) in [5.41, 5.74) is 2.26. The normalized spacial score (nSPS) is 16.2. The maximum Gasteiger partial charge on any atom is 0.325 e. The molecule has 3 aromatic rings. The summed E-state index contributed by atoms with van der Waals surface area (Å²) in [6.45, 7) is -0.0117. The van der Waals surface area contributed by atoms with Crippen LogP contribution in [0.5, 0.6) is 0 Å². The number of urea groups is 1. The number of halogens is 1. The van der Waals surface area contributed by atoms with Gasteiger partial charge in [0.1, 0.15) is 11.9 Å². The number of aryl methyl sites for hydroxylation is 1. The van der Waals surface area contributed by atoms with E-state index in [9.17, 15) is 18.8 Å². The number of nitrogens with zero attached hydrogens (tertiary/aromatic N) is 2. The highest BCUT2D eigenvalue weighted by Gasteiger charge is 2.37. The van der Waals surface area contributed by atoms with E-state index >= 15 is 0 Å². The number of fused-ring (bicyclic) bond motifs is 1. The van der Waals surface area contributed by atoms with Gasteiger partial charge in [-0.25, -0.2) is 9.18 Å². The van der Waals surface area contributed by atoms with Crippen molar-refractivity contribution in [2.45, 2.75) is 25.4 Å². The zero-order valence-corrected chi connectivity index (χ0v) is 16.4. The van der Waals surface area contributed by atoms with E-state index in [2.05, 4.69) is 10.6 Å². The molecule has 1 aromatic heterocycles. The van der Waals surface area contributed by atoms with E-state index in [0.717, 1.165) is 15.8 Å². The van der Waals surface area contributed by atoms with Gasteiger partial charge in [-0.3, -0.25) is 14.5 Å². The van der Waals surface area contributed by atoms with Crippen molar-refractivity contribution in [3.05, 3.63) is 66.1 Å². The first kappa shape index (κ1) is 19.6. The number of anilines is 1. The zero-order chi connectivity index (χ0) is 21.3. The molecule has 7 nitrogen and oxygen atoms in total. The quantitative estimate of drug-likeness (QED) is 0.615. The van der Waals surface area contributed by atoms with Crippen molar-refractivity contribution in [2.75, 3.05) is 5.32 Å². The molecule has 8 heteroatoms. The molecule has 1 aliphatic heterocycles. The highest BCUT2D eigenvalue weighted by Crippen LogP contribution is 2.20. The molecular formula is C22H21FN4O3. The largest absolute Gasteiger partial charge is 0.351 e. The molecule has 0 spiro atoms. The van der Waals surface area contributed by atoms with Gasteiger partial charge in [-0.2, -0.15) is 0 Å². The predicted molar refractivity (Wildman–Crippen MR) is 110 cm³/mol. The van der Waals surface area contributed by atoms with Gasteiger partial charge in [-0.05, 0) is 48.4 Å². The van der Waals surface area contributed by atoms with E-state index in [0.29, 0.717) is 11.3 Å². The van der Waals surface area contributed by atoms with Crippen LogP contribution in [-0.2, 0) is 23.2 Å². The molecule has 0 radical (unpaired) electrons. The van der Waals surface area contributed by atoms with Crippen LogP contribution in [0.3, 0.4) is 0 Å². The van der Waals surface area contributed by atoms with E-state index in [-0.39, 0.29) is 25.3 Å². The van der Waals surface area contributed by atoms with Gasteiger partial charge >= 0.3 is 6.03 Å². The van der Waals surface area contributed by atoms with Crippen LogP contribution in [0, 0.1) is 5.82 Å². The van der Waals surface area contributed by atoms with Gasteiger partial charge < -0.3 is 15.2 Å². The van der Waals surface area contributed by atoms with Crippen LogP contribution in [0.1, 0.15) is 18.4 Å². The fraction of sp³-hybridized carbons (Fsp3) is 0.227. The minimum atomic E-state index is -0.770. The number of nitrogens with one attached hydrogen (secondary N) is 2. The third kappa shape index (κ3) is 4.03. The second-order valence-electron chi connectivity index (χ2n) is 7.34. The standard InChI is InChI=1S/C22H21FN4O3/c1-26-10-9-15-12-17(5-7-19(15)26)24-20(28)8-6-18-21(29)27(22(30)25-18)13-14-3-2-4-16(23)11-14/h2-5,7,9-12,18H,6,8,13H2,1H3,(H,24,28)(H,25,30). The van der Waals surface area contributed by atoms with Crippen molar-refractivity contribution >= 4 is 34.4 Å². The molecule has 0 bridgehead atoms. The lowest BCUT2D eigenvalue weighted by Crippen LogP contribution is -2.31. The van der Waals surface area contributed by atoms with Crippen LogP contribution >= 0.6 is 0 Å². The second kappa shape index (κ2) is 7.98. The summed E-state index contributed by atoms with van der Waals surface area (Å²) in [5.74, 6) is -1.08. The number of imide groups is 1. The number of hydrogen-bond donors (Lipinski definition) is 2. The third-order valence-corrected chi connectivity index (χ3v) is 5.17. The molecule has 154 valence electrons.